The lowest BCUT2D eigenvalue weighted by Gasteiger charge is -2.22. The van der Waals surface area contributed by atoms with Gasteiger partial charge in [-0.25, -0.2) is 0 Å². The Morgan fingerprint density at radius 1 is 1.40 bits per heavy atom. The lowest BCUT2D eigenvalue weighted by atomic mass is 10.2. The number of para-hydroxylation sites is 2. The molecule has 1 aromatic carbocycles. The molecule has 0 spiro atoms. The third-order valence-corrected chi connectivity index (χ3v) is 4.48. The molecule has 1 N–H and O–H groups in total. The monoisotopic (exact) mass is 287 g/mol. The van der Waals surface area contributed by atoms with Gasteiger partial charge in [0.15, 0.2) is 0 Å². The van der Waals surface area contributed by atoms with Gasteiger partial charge < -0.3 is 10.2 Å². The van der Waals surface area contributed by atoms with Crippen LogP contribution in [0.2, 0.25) is 0 Å². The Bertz CT molecular complexity index is 597. The van der Waals surface area contributed by atoms with Crippen molar-refractivity contribution in [2.75, 3.05) is 16.8 Å². The molecule has 0 radical (unpaired) electrons. The molecule has 1 amide bonds. The molecular formula is C15H17N3OS. The number of amides is 1. The third kappa shape index (κ3) is 2.54. The molecule has 0 bridgehead atoms. The number of thiazole rings is 1. The van der Waals surface area contributed by atoms with Crippen LogP contribution in [0, 0.1) is 0 Å². The van der Waals surface area contributed by atoms with Gasteiger partial charge in [-0.1, -0.05) is 12.1 Å². The zero-order chi connectivity index (χ0) is 13.9. The summed E-state index contributed by atoms with van der Waals surface area (Å²) < 4.78 is 0. The van der Waals surface area contributed by atoms with E-state index >= 15 is 0 Å². The van der Waals surface area contributed by atoms with Gasteiger partial charge >= 0.3 is 0 Å². The second-order valence-corrected chi connectivity index (χ2v) is 5.85. The van der Waals surface area contributed by atoms with E-state index in [1.165, 1.54) is 4.88 Å². The minimum atomic E-state index is 0.182. The van der Waals surface area contributed by atoms with Gasteiger partial charge in [-0.15, -0.1) is 11.3 Å². The van der Waals surface area contributed by atoms with Gasteiger partial charge in [-0.05, 0) is 25.5 Å². The highest BCUT2D eigenvalue weighted by atomic mass is 32.1. The largest absolute Gasteiger partial charge is 0.376 e. The van der Waals surface area contributed by atoms with Gasteiger partial charge in [0.1, 0.15) is 0 Å². The van der Waals surface area contributed by atoms with E-state index in [1.807, 2.05) is 40.9 Å². The number of aromatic nitrogens is 1. The fourth-order valence-electron chi connectivity index (χ4n) is 2.48. The molecule has 4 nitrogen and oxygen atoms in total. The number of hydrogen-bond acceptors (Lipinski definition) is 4. The first-order chi connectivity index (χ1) is 9.75. The number of rotatable bonds is 4. The van der Waals surface area contributed by atoms with Crippen LogP contribution in [0.15, 0.2) is 36.0 Å². The molecule has 2 heterocycles. The number of anilines is 2. The maximum Gasteiger partial charge on any atom is 0.227 e. The van der Waals surface area contributed by atoms with Gasteiger partial charge in [0.05, 0.1) is 22.9 Å². The molecule has 0 aliphatic carbocycles. The highest BCUT2D eigenvalue weighted by molar-refractivity contribution is 7.09. The summed E-state index contributed by atoms with van der Waals surface area (Å²) in [5.74, 6) is 0.213. The molecule has 104 valence electrons. The summed E-state index contributed by atoms with van der Waals surface area (Å²) >= 11 is 1.63. The van der Waals surface area contributed by atoms with Crippen molar-refractivity contribution in [1.82, 2.24) is 4.98 Å². The van der Waals surface area contributed by atoms with E-state index in [2.05, 4.69) is 17.2 Å². The van der Waals surface area contributed by atoms with Crippen LogP contribution in [0.4, 0.5) is 11.4 Å². The van der Waals surface area contributed by atoms with Crippen molar-refractivity contribution < 1.29 is 4.79 Å². The van der Waals surface area contributed by atoms with E-state index < -0.39 is 0 Å². The number of carbonyl (C=O) groups excluding carboxylic acids is 1. The zero-order valence-corrected chi connectivity index (χ0v) is 12.2. The average Bonchev–Trinajstić information content (AvgIpc) is 3.10. The predicted molar refractivity (Wildman–Crippen MR) is 82.2 cm³/mol. The molecule has 1 unspecified atom stereocenters. The van der Waals surface area contributed by atoms with Crippen LogP contribution in [0.5, 0.6) is 0 Å². The number of hydrogen-bond donors (Lipinski definition) is 1. The van der Waals surface area contributed by atoms with Crippen molar-refractivity contribution in [3.8, 4) is 0 Å². The molecule has 1 saturated heterocycles. The zero-order valence-electron chi connectivity index (χ0n) is 11.4. The van der Waals surface area contributed by atoms with E-state index in [0.29, 0.717) is 6.42 Å². The third-order valence-electron chi connectivity index (χ3n) is 3.52. The summed E-state index contributed by atoms with van der Waals surface area (Å²) in [6.07, 6.45) is 3.47. The fraction of sp³-hybridized carbons (Fsp3) is 0.333. The van der Waals surface area contributed by atoms with Gasteiger partial charge in [0, 0.05) is 24.0 Å². The van der Waals surface area contributed by atoms with Crippen LogP contribution in [0.1, 0.15) is 30.7 Å². The topological polar surface area (TPSA) is 45.2 Å². The first kappa shape index (κ1) is 13.1. The normalized spacial score (nSPS) is 16.4. The van der Waals surface area contributed by atoms with Gasteiger partial charge in [0.2, 0.25) is 5.91 Å². The Kier molecular flexibility index (Phi) is 3.69. The maximum absolute atomic E-state index is 11.9. The van der Waals surface area contributed by atoms with Crippen LogP contribution >= 0.6 is 11.3 Å². The summed E-state index contributed by atoms with van der Waals surface area (Å²) in [5, 5.41) is 3.49. The summed E-state index contributed by atoms with van der Waals surface area (Å²) in [6, 6.07) is 8.18. The van der Waals surface area contributed by atoms with Crippen molar-refractivity contribution in [3.63, 3.8) is 0 Å². The number of nitrogens with one attached hydrogen (secondary N) is 1. The highest BCUT2D eigenvalue weighted by Gasteiger charge is 2.24. The van der Waals surface area contributed by atoms with Crippen LogP contribution in [0.3, 0.4) is 0 Å². The van der Waals surface area contributed by atoms with E-state index in [1.54, 1.807) is 11.3 Å². The van der Waals surface area contributed by atoms with E-state index in [0.717, 1.165) is 24.3 Å². The van der Waals surface area contributed by atoms with E-state index in [-0.39, 0.29) is 11.9 Å². The number of nitrogens with zero attached hydrogens (tertiary/aromatic N) is 2. The highest BCUT2D eigenvalue weighted by Crippen LogP contribution is 2.32. The minimum Gasteiger partial charge on any atom is -0.376 e. The fourth-order valence-corrected chi connectivity index (χ4v) is 3.11. The number of benzene rings is 1. The Hall–Kier alpha value is -1.88. The quantitative estimate of drug-likeness (QED) is 0.937. The molecule has 20 heavy (non-hydrogen) atoms. The lowest BCUT2D eigenvalue weighted by Crippen LogP contribution is -2.25. The van der Waals surface area contributed by atoms with Crippen molar-refractivity contribution in [2.45, 2.75) is 25.8 Å². The molecule has 1 aliphatic rings. The molecule has 3 rings (SSSR count). The van der Waals surface area contributed by atoms with Crippen molar-refractivity contribution in [3.05, 3.63) is 40.8 Å². The number of carbonyl (C=O) groups is 1. The van der Waals surface area contributed by atoms with Gasteiger partial charge in [-0.2, -0.15) is 0 Å². The van der Waals surface area contributed by atoms with Crippen LogP contribution in [0.25, 0.3) is 0 Å². The van der Waals surface area contributed by atoms with Crippen molar-refractivity contribution >= 4 is 28.6 Å². The maximum atomic E-state index is 11.9. The molecule has 1 aliphatic heterocycles. The SMILES string of the molecule is CC(Nc1ccccc1N1CCCC1=O)c1cncs1. The standard InChI is InChI=1S/C15H17N3OS/c1-11(14-9-16-10-20-14)17-12-5-2-3-6-13(12)18-8-4-7-15(18)19/h2-3,5-6,9-11,17H,4,7-8H2,1H3. The Balaban J connectivity index is 1.84. The van der Waals surface area contributed by atoms with Gasteiger partial charge in [-0.3, -0.25) is 9.78 Å². The Morgan fingerprint density at radius 3 is 2.95 bits per heavy atom. The summed E-state index contributed by atoms with van der Waals surface area (Å²) in [7, 11) is 0. The molecule has 1 atom stereocenters. The molecule has 1 fully saturated rings. The molecule has 1 aromatic heterocycles. The Morgan fingerprint density at radius 2 is 2.25 bits per heavy atom. The predicted octanol–water partition coefficient (Wildman–Crippen LogP) is 3.44. The second-order valence-electron chi connectivity index (χ2n) is 4.94. The second kappa shape index (κ2) is 5.63. The van der Waals surface area contributed by atoms with Crippen LogP contribution in [-0.4, -0.2) is 17.4 Å². The van der Waals surface area contributed by atoms with E-state index in [4.69, 9.17) is 0 Å². The van der Waals surface area contributed by atoms with Gasteiger partial charge in [0.25, 0.3) is 0 Å². The van der Waals surface area contributed by atoms with Crippen LogP contribution < -0.4 is 10.2 Å². The average molecular weight is 287 g/mol. The van der Waals surface area contributed by atoms with E-state index in [9.17, 15) is 4.79 Å². The summed E-state index contributed by atoms with van der Waals surface area (Å²) in [6.45, 7) is 2.92. The van der Waals surface area contributed by atoms with Crippen LogP contribution in [-0.2, 0) is 4.79 Å². The first-order valence-corrected chi connectivity index (χ1v) is 7.68. The van der Waals surface area contributed by atoms with Crippen molar-refractivity contribution in [1.29, 1.82) is 0 Å². The summed E-state index contributed by atoms with van der Waals surface area (Å²) in [4.78, 5) is 19.1. The van der Waals surface area contributed by atoms with Crippen molar-refractivity contribution in [2.24, 2.45) is 0 Å². The lowest BCUT2D eigenvalue weighted by molar-refractivity contribution is -0.117. The smallest absolute Gasteiger partial charge is 0.227 e. The minimum absolute atomic E-state index is 0.182. The Labute approximate surface area is 122 Å². The molecule has 5 heteroatoms. The molecule has 0 saturated carbocycles. The molecule has 2 aromatic rings. The summed E-state index contributed by atoms with van der Waals surface area (Å²) in [5.41, 5.74) is 3.82. The first-order valence-electron chi connectivity index (χ1n) is 6.80. The molecular weight excluding hydrogens is 270 g/mol.